The first kappa shape index (κ1) is 60.1. The molecular weight excluding hydrogens is 879 g/mol. The molecule has 396 valence electrons. The predicted molar refractivity (Wildman–Crippen MR) is 245 cm³/mol. The van der Waals surface area contributed by atoms with Crippen LogP contribution in [0, 0.1) is 0 Å². The smallest absolute Gasteiger partial charge is 0.220 e. The van der Waals surface area contributed by atoms with Crippen molar-refractivity contribution >= 4 is 5.91 Å². The average molecular weight is 970 g/mol. The van der Waals surface area contributed by atoms with Crippen LogP contribution in [0.25, 0.3) is 0 Å². The Morgan fingerprint density at radius 3 is 1.30 bits per heavy atom. The lowest BCUT2D eigenvalue weighted by Gasteiger charge is -2.48. The first-order valence-corrected chi connectivity index (χ1v) is 25.8. The highest BCUT2D eigenvalue weighted by atomic mass is 16.8. The Morgan fingerprint density at radius 1 is 0.478 bits per heavy atom. The van der Waals surface area contributed by atoms with Gasteiger partial charge in [0.15, 0.2) is 18.9 Å². The Balaban J connectivity index is 1.50. The highest BCUT2D eigenvalue weighted by molar-refractivity contribution is 5.76. The lowest BCUT2D eigenvalue weighted by molar-refractivity contribution is -0.379. The molecule has 0 saturated carbocycles. The highest BCUT2D eigenvalue weighted by Gasteiger charge is 2.53. The minimum Gasteiger partial charge on any atom is -0.394 e. The van der Waals surface area contributed by atoms with Crippen LogP contribution in [0.2, 0.25) is 0 Å². The molecule has 3 fully saturated rings. The molecule has 12 N–H and O–H groups in total. The topological polar surface area (TPSA) is 307 Å². The molecule has 0 aliphatic carbocycles. The van der Waals surface area contributed by atoms with Gasteiger partial charge in [-0.3, -0.25) is 4.79 Å². The van der Waals surface area contributed by atoms with Crippen LogP contribution in [0.4, 0.5) is 0 Å². The Hall–Kier alpha value is -1.21. The van der Waals surface area contributed by atoms with Crippen LogP contribution < -0.4 is 5.32 Å². The molecule has 0 aromatic heterocycles. The fraction of sp³-hybridized carbons (Fsp3) is 0.979. The minimum absolute atomic E-state index is 0.256. The van der Waals surface area contributed by atoms with Crippen molar-refractivity contribution in [3.8, 4) is 0 Å². The van der Waals surface area contributed by atoms with Crippen LogP contribution in [-0.4, -0.2) is 193 Å². The Bertz CT molecular complexity index is 1250. The molecule has 3 rings (SSSR count). The number of unbranched alkanes of at least 4 members (excludes halogenated alkanes) is 20. The summed E-state index contributed by atoms with van der Waals surface area (Å²) in [6.07, 6.45) is -0.137. The van der Waals surface area contributed by atoms with Gasteiger partial charge in [0.05, 0.1) is 38.6 Å². The standard InChI is InChI=1S/C48H91NO18/c1-3-5-7-9-10-11-12-13-14-15-16-17-18-19-20-22-23-25-32(53)31(49-36(54)26-24-21-8-6-4-2)30-62-46-42(60)39(57)44(34(28-51)64-46)67-48-43(61)40(58)45(35(29-52)65-48)66-47-41(59)38(56)37(55)33(27-50)63-47/h31-35,37-48,50-53,55-61H,3-30H2,1-2H3,(H,49,54). The second-order valence-corrected chi connectivity index (χ2v) is 19.0. The van der Waals surface area contributed by atoms with E-state index in [0.717, 1.165) is 51.4 Å². The molecule has 17 atom stereocenters. The molecule has 0 aromatic carbocycles. The van der Waals surface area contributed by atoms with Crippen molar-refractivity contribution in [2.24, 2.45) is 0 Å². The number of carbonyl (C=O) groups is 1. The Kier molecular flexibility index (Phi) is 30.7. The number of hydrogen-bond donors (Lipinski definition) is 12. The summed E-state index contributed by atoms with van der Waals surface area (Å²) in [5.74, 6) is -0.256. The van der Waals surface area contributed by atoms with Crippen molar-refractivity contribution < 1.29 is 89.4 Å². The summed E-state index contributed by atoms with van der Waals surface area (Å²) in [6.45, 7) is 1.67. The van der Waals surface area contributed by atoms with Crippen LogP contribution in [0.3, 0.4) is 0 Å². The van der Waals surface area contributed by atoms with Crippen molar-refractivity contribution in [1.82, 2.24) is 5.32 Å². The molecule has 3 aliphatic heterocycles. The van der Waals surface area contributed by atoms with Crippen molar-refractivity contribution in [3.05, 3.63) is 0 Å². The number of aliphatic hydroxyl groups is 11. The van der Waals surface area contributed by atoms with E-state index in [2.05, 4.69) is 19.2 Å². The molecule has 3 aliphatic rings. The van der Waals surface area contributed by atoms with Gasteiger partial charge in [0.1, 0.15) is 73.2 Å². The van der Waals surface area contributed by atoms with Gasteiger partial charge in [-0.15, -0.1) is 0 Å². The van der Waals surface area contributed by atoms with Gasteiger partial charge in [0.2, 0.25) is 5.91 Å². The zero-order valence-electron chi connectivity index (χ0n) is 40.4. The maximum Gasteiger partial charge on any atom is 0.220 e. The zero-order chi connectivity index (χ0) is 49.1. The SMILES string of the molecule is CCCCCCCCCCCCCCCCCCCC(O)C(COC1OC(CO)C(OC2OC(CO)C(OC3OC(CO)C(O)C(O)C3O)C(O)C2O)C(O)C1O)NC(=O)CCCCCCC. The molecule has 0 spiro atoms. The van der Waals surface area contributed by atoms with Crippen LogP contribution in [0.1, 0.15) is 168 Å². The number of rotatable bonds is 36. The van der Waals surface area contributed by atoms with Gasteiger partial charge >= 0.3 is 0 Å². The molecule has 19 nitrogen and oxygen atoms in total. The first-order chi connectivity index (χ1) is 32.3. The summed E-state index contributed by atoms with van der Waals surface area (Å²) in [6, 6.07) is -0.875. The summed E-state index contributed by atoms with van der Waals surface area (Å²) in [4.78, 5) is 13.0. The third-order valence-electron chi connectivity index (χ3n) is 13.4. The van der Waals surface area contributed by atoms with E-state index in [4.69, 9.17) is 28.4 Å². The van der Waals surface area contributed by atoms with Crippen LogP contribution in [-0.2, 0) is 33.2 Å². The summed E-state index contributed by atoms with van der Waals surface area (Å²) in [7, 11) is 0. The van der Waals surface area contributed by atoms with Crippen LogP contribution >= 0.6 is 0 Å². The summed E-state index contributed by atoms with van der Waals surface area (Å²) < 4.78 is 34.1. The van der Waals surface area contributed by atoms with Gasteiger partial charge in [0, 0.05) is 6.42 Å². The zero-order valence-corrected chi connectivity index (χ0v) is 40.4. The van der Waals surface area contributed by atoms with E-state index >= 15 is 0 Å². The van der Waals surface area contributed by atoms with Gasteiger partial charge in [-0.05, 0) is 12.8 Å². The largest absolute Gasteiger partial charge is 0.394 e. The van der Waals surface area contributed by atoms with Crippen molar-refractivity contribution in [2.45, 2.75) is 272 Å². The van der Waals surface area contributed by atoms with Crippen molar-refractivity contribution in [2.75, 3.05) is 26.4 Å². The number of amides is 1. The maximum absolute atomic E-state index is 13.0. The van der Waals surface area contributed by atoms with Crippen molar-refractivity contribution in [1.29, 1.82) is 0 Å². The Morgan fingerprint density at radius 2 is 0.851 bits per heavy atom. The lowest BCUT2D eigenvalue weighted by Crippen LogP contribution is -2.66. The lowest BCUT2D eigenvalue weighted by atomic mass is 9.96. The molecule has 0 bridgehead atoms. The van der Waals surface area contributed by atoms with Crippen LogP contribution in [0.15, 0.2) is 0 Å². The molecule has 17 unspecified atom stereocenters. The maximum atomic E-state index is 13.0. The summed E-state index contributed by atoms with van der Waals surface area (Å²) >= 11 is 0. The molecule has 19 heteroatoms. The van der Waals surface area contributed by atoms with Gasteiger partial charge in [-0.2, -0.15) is 0 Å². The van der Waals surface area contributed by atoms with Gasteiger partial charge in [0.25, 0.3) is 0 Å². The molecule has 3 heterocycles. The average Bonchev–Trinajstić information content (AvgIpc) is 3.32. The van der Waals surface area contributed by atoms with E-state index in [1.54, 1.807) is 0 Å². The van der Waals surface area contributed by atoms with E-state index in [0.29, 0.717) is 12.8 Å². The van der Waals surface area contributed by atoms with Gasteiger partial charge in [-0.25, -0.2) is 0 Å². The third-order valence-corrected chi connectivity index (χ3v) is 13.4. The van der Waals surface area contributed by atoms with Gasteiger partial charge in [-0.1, -0.05) is 149 Å². The molecular formula is C48H91NO18. The quantitative estimate of drug-likeness (QED) is 0.0398. The van der Waals surface area contributed by atoms with Gasteiger partial charge < -0.3 is 89.9 Å². The Labute approximate surface area is 398 Å². The number of hydrogen-bond acceptors (Lipinski definition) is 18. The normalized spacial score (nSPS) is 33.4. The molecule has 3 saturated heterocycles. The number of carbonyl (C=O) groups excluding carboxylic acids is 1. The van der Waals surface area contributed by atoms with E-state index in [1.165, 1.54) is 83.5 Å². The predicted octanol–water partition coefficient (Wildman–Crippen LogP) is 1.70. The monoisotopic (exact) mass is 970 g/mol. The number of aliphatic hydroxyl groups excluding tert-OH is 11. The summed E-state index contributed by atoms with van der Waals surface area (Å²) in [5.41, 5.74) is 0. The van der Waals surface area contributed by atoms with E-state index in [1.807, 2.05) is 0 Å². The number of nitrogens with one attached hydrogen (secondary N) is 1. The third kappa shape index (κ3) is 20.4. The fourth-order valence-corrected chi connectivity index (χ4v) is 9.08. The second-order valence-electron chi connectivity index (χ2n) is 19.0. The molecule has 0 radical (unpaired) electrons. The fourth-order valence-electron chi connectivity index (χ4n) is 9.08. The van der Waals surface area contributed by atoms with Crippen LogP contribution in [0.5, 0.6) is 0 Å². The molecule has 0 aromatic rings. The molecule has 1 amide bonds. The first-order valence-electron chi connectivity index (χ1n) is 25.8. The minimum atomic E-state index is -1.97. The van der Waals surface area contributed by atoms with Crippen molar-refractivity contribution in [3.63, 3.8) is 0 Å². The second kappa shape index (κ2) is 34.2. The number of ether oxygens (including phenoxy) is 6. The summed E-state index contributed by atoms with van der Waals surface area (Å²) in [5, 5.41) is 119. The highest BCUT2D eigenvalue weighted by Crippen LogP contribution is 2.33. The molecule has 67 heavy (non-hydrogen) atoms. The van der Waals surface area contributed by atoms with E-state index in [9.17, 15) is 61.0 Å². The van der Waals surface area contributed by atoms with E-state index < -0.39 is 124 Å². The van der Waals surface area contributed by atoms with E-state index in [-0.39, 0.29) is 18.9 Å².